The zero-order valence-electron chi connectivity index (χ0n) is 16.2. The molecule has 0 radical (unpaired) electrons. The molecule has 0 unspecified atom stereocenters. The number of rotatable bonds is 6. The maximum Gasteiger partial charge on any atom is 0.325 e. The van der Waals surface area contributed by atoms with Gasteiger partial charge in [0.05, 0.1) is 6.61 Å². The van der Waals surface area contributed by atoms with Gasteiger partial charge in [-0.25, -0.2) is 0 Å². The van der Waals surface area contributed by atoms with E-state index in [0.717, 1.165) is 25.7 Å². The maximum atomic E-state index is 12.1. The van der Waals surface area contributed by atoms with Gasteiger partial charge in [-0.3, -0.25) is 4.79 Å². The molecule has 4 nitrogen and oxygen atoms in total. The molecule has 0 amide bonds. The van der Waals surface area contributed by atoms with Gasteiger partial charge in [-0.05, 0) is 43.6 Å². The van der Waals surface area contributed by atoms with Crippen LogP contribution in [0.3, 0.4) is 0 Å². The van der Waals surface area contributed by atoms with Gasteiger partial charge in [0.2, 0.25) is 0 Å². The van der Waals surface area contributed by atoms with Crippen LogP contribution >= 0.6 is 12.4 Å². The second kappa shape index (κ2) is 11.6. The Kier molecular flexibility index (Phi) is 10.2. The summed E-state index contributed by atoms with van der Waals surface area (Å²) in [6.07, 6.45) is 4.08. The second-order valence-electron chi connectivity index (χ2n) is 7.71. The molecule has 1 heterocycles. The Labute approximate surface area is 164 Å². The summed E-state index contributed by atoms with van der Waals surface area (Å²) < 4.78 is 11.5. The van der Waals surface area contributed by atoms with Crippen LogP contribution in [0.2, 0.25) is 0 Å². The first kappa shape index (κ1) is 22.9. The highest BCUT2D eigenvalue weighted by Gasteiger charge is 2.32. The van der Waals surface area contributed by atoms with E-state index in [4.69, 9.17) is 15.2 Å². The zero-order chi connectivity index (χ0) is 18.2. The van der Waals surface area contributed by atoms with E-state index >= 15 is 0 Å². The molecular formula is C21H34ClNO3. The van der Waals surface area contributed by atoms with Crippen molar-refractivity contribution in [3.63, 3.8) is 0 Å². The number of nitrogens with two attached hydrogens (primary N) is 1. The Morgan fingerprint density at radius 3 is 2.50 bits per heavy atom. The predicted octanol–water partition coefficient (Wildman–Crippen LogP) is 4.00. The number of esters is 1. The van der Waals surface area contributed by atoms with Crippen molar-refractivity contribution in [3.8, 4) is 0 Å². The van der Waals surface area contributed by atoms with Crippen LogP contribution in [0, 0.1) is 17.8 Å². The van der Waals surface area contributed by atoms with Crippen LogP contribution in [0.1, 0.15) is 45.6 Å². The summed E-state index contributed by atoms with van der Waals surface area (Å²) in [5.74, 6) is 0.983. The number of carbonyl (C=O) groups is 1. The lowest BCUT2D eigenvalue weighted by atomic mass is 9.80. The second-order valence-corrected chi connectivity index (χ2v) is 7.71. The summed E-state index contributed by atoms with van der Waals surface area (Å²) in [6, 6.07) is 9.80. The van der Waals surface area contributed by atoms with Crippen molar-refractivity contribution >= 4 is 18.4 Å². The number of ether oxygens (including phenoxy) is 2. The molecule has 0 aliphatic carbocycles. The van der Waals surface area contributed by atoms with E-state index < -0.39 is 6.04 Å². The number of cyclic esters (lactones) is 1. The fourth-order valence-corrected chi connectivity index (χ4v) is 3.57. The lowest BCUT2D eigenvalue weighted by molar-refractivity contribution is -0.153. The molecular weight excluding hydrogens is 350 g/mol. The lowest BCUT2D eigenvalue weighted by Gasteiger charge is -2.31. The minimum absolute atomic E-state index is 0. The summed E-state index contributed by atoms with van der Waals surface area (Å²) in [4.78, 5) is 12.1. The highest BCUT2D eigenvalue weighted by molar-refractivity contribution is 5.85. The number of carbonyl (C=O) groups excluding carboxylic acids is 1. The van der Waals surface area contributed by atoms with E-state index in [1.54, 1.807) is 0 Å². The third-order valence-electron chi connectivity index (χ3n) is 5.17. The topological polar surface area (TPSA) is 61.5 Å². The molecule has 26 heavy (non-hydrogen) atoms. The van der Waals surface area contributed by atoms with Crippen molar-refractivity contribution in [1.82, 2.24) is 0 Å². The van der Waals surface area contributed by atoms with Gasteiger partial charge in [0.15, 0.2) is 0 Å². The van der Waals surface area contributed by atoms with Crippen molar-refractivity contribution < 1.29 is 14.3 Å². The Hall–Kier alpha value is -1.10. The Bertz CT molecular complexity index is 523. The molecule has 1 fully saturated rings. The number of halogens is 1. The van der Waals surface area contributed by atoms with Gasteiger partial charge in [-0.1, -0.05) is 50.6 Å². The third kappa shape index (κ3) is 7.26. The van der Waals surface area contributed by atoms with Crippen molar-refractivity contribution in [1.29, 1.82) is 0 Å². The minimum Gasteiger partial charge on any atom is -0.461 e. The molecule has 1 aliphatic rings. The molecule has 2 N–H and O–H groups in total. The number of aryl methyl sites for hydroxylation is 1. The molecule has 0 bridgehead atoms. The van der Waals surface area contributed by atoms with Crippen LogP contribution in [-0.4, -0.2) is 31.3 Å². The molecule has 2 rings (SSSR count). The quantitative estimate of drug-likeness (QED) is 0.754. The molecule has 1 aromatic carbocycles. The van der Waals surface area contributed by atoms with Crippen LogP contribution in [0.25, 0.3) is 0 Å². The van der Waals surface area contributed by atoms with Crippen LogP contribution in [0.15, 0.2) is 30.3 Å². The summed E-state index contributed by atoms with van der Waals surface area (Å²) in [5.41, 5.74) is 7.18. The van der Waals surface area contributed by atoms with Crippen molar-refractivity contribution in [2.45, 2.75) is 58.6 Å². The molecule has 0 spiro atoms. The summed E-state index contributed by atoms with van der Waals surface area (Å²) in [5, 5.41) is 0. The number of benzene rings is 1. The monoisotopic (exact) mass is 383 g/mol. The van der Waals surface area contributed by atoms with E-state index in [1.807, 2.05) is 13.0 Å². The fraction of sp³-hybridized carbons (Fsp3) is 0.667. The van der Waals surface area contributed by atoms with Crippen LogP contribution < -0.4 is 5.73 Å². The Morgan fingerprint density at radius 1 is 1.15 bits per heavy atom. The fourth-order valence-electron chi connectivity index (χ4n) is 3.57. The number of hydrogen-bond acceptors (Lipinski definition) is 4. The Morgan fingerprint density at radius 2 is 1.85 bits per heavy atom. The molecule has 0 aromatic heterocycles. The van der Waals surface area contributed by atoms with E-state index in [-0.39, 0.29) is 37.0 Å². The van der Waals surface area contributed by atoms with Gasteiger partial charge in [0.25, 0.3) is 0 Å². The Balaban J connectivity index is 0.00000338. The van der Waals surface area contributed by atoms with Crippen molar-refractivity contribution in [3.05, 3.63) is 35.9 Å². The van der Waals surface area contributed by atoms with E-state index in [0.29, 0.717) is 18.4 Å². The minimum atomic E-state index is -0.680. The highest BCUT2D eigenvalue weighted by Crippen LogP contribution is 2.30. The molecule has 1 aliphatic heterocycles. The zero-order valence-corrected chi connectivity index (χ0v) is 17.0. The van der Waals surface area contributed by atoms with Crippen LogP contribution in [0.4, 0.5) is 0 Å². The maximum absolute atomic E-state index is 12.1. The van der Waals surface area contributed by atoms with E-state index in [9.17, 15) is 4.79 Å². The molecule has 0 saturated carbocycles. The van der Waals surface area contributed by atoms with E-state index in [1.165, 1.54) is 5.56 Å². The van der Waals surface area contributed by atoms with Crippen molar-refractivity contribution in [2.75, 3.05) is 13.2 Å². The molecule has 4 atom stereocenters. The summed E-state index contributed by atoms with van der Waals surface area (Å²) in [7, 11) is 0. The van der Waals surface area contributed by atoms with Gasteiger partial charge in [-0.15, -0.1) is 12.4 Å². The number of hydrogen-bond donors (Lipinski definition) is 1. The van der Waals surface area contributed by atoms with Crippen LogP contribution in [0.5, 0.6) is 0 Å². The standard InChI is InChI=1S/C21H33NO3.ClH/c1-15(2)9-11-18-13-24-14-20(22)21(23)25-16(3)19(18)12-10-17-7-5-4-6-8-17;/h4-8,15-16,18-20H,9-14,22H2,1-3H3;1H/t16-,18-,19-,20-;/m0./s1. The van der Waals surface area contributed by atoms with E-state index in [2.05, 4.69) is 38.1 Å². The molecule has 148 valence electrons. The SMILES string of the molecule is CC(C)CC[C@H]1COC[C@H](N)C(=O)O[C@@H](C)[C@@H]1CCc1ccccc1.Cl. The molecule has 1 aromatic rings. The smallest absolute Gasteiger partial charge is 0.325 e. The first-order valence-corrected chi connectivity index (χ1v) is 9.55. The lowest BCUT2D eigenvalue weighted by Crippen LogP contribution is -2.38. The first-order chi connectivity index (χ1) is 12.0. The molecule has 5 heteroatoms. The van der Waals surface area contributed by atoms with Gasteiger partial charge in [0, 0.05) is 12.5 Å². The normalized spacial score (nSPS) is 27.0. The summed E-state index contributed by atoms with van der Waals surface area (Å²) >= 11 is 0. The third-order valence-corrected chi connectivity index (χ3v) is 5.17. The van der Waals surface area contributed by atoms with Gasteiger partial charge in [0.1, 0.15) is 12.1 Å². The first-order valence-electron chi connectivity index (χ1n) is 9.55. The predicted molar refractivity (Wildman–Crippen MR) is 107 cm³/mol. The van der Waals surface area contributed by atoms with Crippen LogP contribution in [-0.2, 0) is 20.7 Å². The highest BCUT2D eigenvalue weighted by atomic mass is 35.5. The van der Waals surface area contributed by atoms with Gasteiger partial charge < -0.3 is 15.2 Å². The average molecular weight is 384 g/mol. The summed E-state index contributed by atoms with van der Waals surface area (Å²) in [6.45, 7) is 7.40. The van der Waals surface area contributed by atoms with Gasteiger partial charge >= 0.3 is 5.97 Å². The largest absolute Gasteiger partial charge is 0.461 e. The van der Waals surface area contributed by atoms with Crippen molar-refractivity contribution in [2.24, 2.45) is 23.5 Å². The average Bonchev–Trinajstić information content (AvgIpc) is 2.63. The van der Waals surface area contributed by atoms with Gasteiger partial charge in [-0.2, -0.15) is 0 Å². The molecule has 1 saturated heterocycles.